The fourth-order valence-electron chi connectivity index (χ4n) is 1.46. The normalized spacial score (nSPS) is 21.3. The molecule has 0 aromatic carbocycles. The Balaban J connectivity index is 2.48. The molecular weight excluding hydrogens is 259 g/mol. The molecule has 0 aromatic heterocycles. The van der Waals surface area contributed by atoms with Crippen molar-refractivity contribution < 1.29 is 9.76 Å². The van der Waals surface area contributed by atoms with Crippen molar-refractivity contribution in [1.82, 2.24) is 5.32 Å². The van der Waals surface area contributed by atoms with E-state index in [9.17, 15) is 5.11 Å². The monoisotopic (exact) mass is 284 g/mol. The van der Waals surface area contributed by atoms with Gasteiger partial charge in [-0.15, -0.1) is 0 Å². The van der Waals surface area contributed by atoms with Crippen molar-refractivity contribution in [2.24, 2.45) is 0 Å². The summed E-state index contributed by atoms with van der Waals surface area (Å²) in [6.45, 7) is 7.18. The van der Waals surface area contributed by atoms with E-state index in [2.05, 4.69) is 5.32 Å². The molecule has 1 atom stereocenters. The van der Waals surface area contributed by atoms with Crippen LogP contribution in [0.2, 0.25) is 0 Å². The maximum atomic E-state index is 10.0. The van der Waals surface area contributed by atoms with Crippen LogP contribution in [0.1, 0.15) is 34.1 Å². The Bertz CT molecular complexity index is 334. The van der Waals surface area contributed by atoms with Crippen molar-refractivity contribution in [3.05, 3.63) is 11.7 Å². The van der Waals surface area contributed by atoms with E-state index in [4.69, 9.17) is 10.1 Å². The van der Waals surface area contributed by atoms with Crippen molar-refractivity contribution in [3.8, 4) is 0 Å². The minimum atomic E-state index is -0.921. The van der Waals surface area contributed by atoms with Crippen LogP contribution in [0.5, 0.6) is 0 Å². The van der Waals surface area contributed by atoms with Crippen molar-refractivity contribution in [3.63, 3.8) is 0 Å². The molecule has 19 heavy (non-hydrogen) atoms. The summed E-state index contributed by atoms with van der Waals surface area (Å²) in [5, 5.41) is 20.8. The minimum absolute atomic E-state index is 0.327. The molecule has 108 valence electrons. The van der Waals surface area contributed by atoms with E-state index >= 15 is 0 Å². The second-order valence-corrected chi connectivity index (χ2v) is 7.10. The molecule has 1 heterocycles. The molecule has 1 unspecified atom stereocenters. The summed E-state index contributed by atoms with van der Waals surface area (Å²) in [5.74, 6) is 2.32. The highest BCUT2D eigenvalue weighted by Gasteiger charge is 2.35. The van der Waals surface area contributed by atoms with Crippen molar-refractivity contribution in [2.75, 3.05) is 11.5 Å². The molecule has 0 amide bonds. The second kappa shape index (κ2) is 6.82. The molecule has 0 saturated carbocycles. The van der Waals surface area contributed by atoms with E-state index in [0.717, 1.165) is 11.2 Å². The van der Waals surface area contributed by atoms with Crippen LogP contribution in [0, 0.1) is 5.41 Å². The molecule has 0 aromatic rings. The van der Waals surface area contributed by atoms with Crippen molar-refractivity contribution in [2.45, 2.75) is 51.4 Å². The number of nitrogens with one attached hydrogen (secondary N) is 2. The summed E-state index contributed by atoms with van der Waals surface area (Å²) in [5.41, 5.74) is -0.789. The first-order valence-corrected chi connectivity index (χ1v) is 7.81. The number of hydrogen-bond donors (Lipinski definition) is 3. The summed E-state index contributed by atoms with van der Waals surface area (Å²) >= 11 is 1.95. The number of hydrogen-bond acceptors (Lipinski definition) is 5. The van der Waals surface area contributed by atoms with Gasteiger partial charge < -0.3 is 20.5 Å². The fraction of sp³-hybridized carbons (Fsp3) is 0.769. The van der Waals surface area contributed by atoms with Gasteiger partial charge in [-0.25, -0.2) is 0 Å². The van der Waals surface area contributed by atoms with Crippen LogP contribution in [-0.2, 0) is 4.65 Å². The van der Waals surface area contributed by atoms with Gasteiger partial charge in [0.25, 0.3) is 0 Å². The largest absolute Gasteiger partial charge is 0.427 e. The lowest BCUT2D eigenvalue weighted by Gasteiger charge is -2.37. The Hall–Kier alpha value is -0.455. The van der Waals surface area contributed by atoms with Crippen molar-refractivity contribution >= 4 is 25.5 Å². The lowest BCUT2D eigenvalue weighted by molar-refractivity contribution is -0.0895. The van der Waals surface area contributed by atoms with Crippen LogP contribution >= 0.6 is 11.8 Å². The van der Waals surface area contributed by atoms with Crippen LogP contribution in [-0.4, -0.2) is 47.6 Å². The third kappa shape index (κ3) is 5.20. The van der Waals surface area contributed by atoms with Gasteiger partial charge in [-0.2, -0.15) is 11.8 Å². The summed E-state index contributed by atoms with van der Waals surface area (Å²) in [6.07, 6.45) is 4.34. The van der Waals surface area contributed by atoms with Crippen LogP contribution in [0.15, 0.2) is 11.7 Å². The van der Waals surface area contributed by atoms with Crippen LogP contribution < -0.4 is 5.32 Å². The van der Waals surface area contributed by atoms with E-state index in [1.807, 2.05) is 31.8 Å². The van der Waals surface area contributed by atoms with Gasteiger partial charge in [0.05, 0.1) is 11.2 Å². The molecule has 1 rings (SSSR count). The second-order valence-electron chi connectivity index (χ2n) is 5.95. The van der Waals surface area contributed by atoms with Gasteiger partial charge in [-0.05, 0) is 51.5 Å². The number of thioether (sulfide) groups is 1. The molecular formula is C13H25BN2O2S. The van der Waals surface area contributed by atoms with E-state index < -0.39 is 11.2 Å². The highest BCUT2D eigenvalue weighted by molar-refractivity contribution is 7.99. The average molecular weight is 284 g/mol. The first kappa shape index (κ1) is 16.6. The first-order valence-electron chi connectivity index (χ1n) is 6.66. The van der Waals surface area contributed by atoms with E-state index in [1.165, 1.54) is 18.4 Å². The highest BCUT2D eigenvalue weighted by atomic mass is 32.2. The molecule has 0 radical (unpaired) electrons. The lowest BCUT2D eigenvalue weighted by atomic mass is 9.83. The Morgan fingerprint density at radius 3 is 2.63 bits per heavy atom. The summed E-state index contributed by atoms with van der Waals surface area (Å²) in [7, 11) is 0.327. The molecule has 6 heteroatoms. The highest BCUT2D eigenvalue weighted by Crippen LogP contribution is 2.24. The minimum Gasteiger partial charge on any atom is -0.427 e. The lowest BCUT2D eigenvalue weighted by Crippen LogP contribution is -2.48. The third-order valence-corrected chi connectivity index (χ3v) is 4.86. The van der Waals surface area contributed by atoms with Crippen molar-refractivity contribution in [1.29, 1.82) is 5.41 Å². The Labute approximate surface area is 121 Å². The van der Waals surface area contributed by atoms with Gasteiger partial charge in [-0.1, -0.05) is 0 Å². The Kier molecular flexibility index (Phi) is 5.95. The average Bonchev–Trinajstić information content (AvgIpc) is 2.80. The van der Waals surface area contributed by atoms with Crippen LogP contribution in [0.3, 0.4) is 0 Å². The Morgan fingerprint density at radius 2 is 2.16 bits per heavy atom. The molecule has 3 N–H and O–H groups in total. The molecule has 1 aliphatic heterocycles. The molecule has 1 fully saturated rings. The quantitative estimate of drug-likeness (QED) is 0.489. The standard InChI is InChI=1S/C13H25BN2O2S/c1-12(2,17)13(3,4)18-14-10(7-15)8-16-11-5-6-19-9-11/h7-8,11,14-17H,5-6,9H2,1-4H3/b10-8+,15-7?. The molecule has 0 bridgehead atoms. The summed E-state index contributed by atoms with van der Waals surface area (Å²) in [6, 6.07) is 0.502. The number of aliphatic hydroxyl groups is 1. The predicted octanol–water partition coefficient (Wildman–Crippen LogP) is 1.49. The SMILES string of the molecule is CC(C)(O)C(C)(C)OB/C(C=N)=C/NC1CCSC1. The summed E-state index contributed by atoms with van der Waals surface area (Å²) in [4.78, 5) is 0. The molecule has 0 aliphatic carbocycles. The zero-order chi connectivity index (χ0) is 14.5. The predicted molar refractivity (Wildman–Crippen MR) is 84.3 cm³/mol. The fourth-order valence-corrected chi connectivity index (χ4v) is 2.62. The zero-order valence-corrected chi connectivity index (χ0v) is 13.1. The zero-order valence-electron chi connectivity index (χ0n) is 12.3. The van der Waals surface area contributed by atoms with Gasteiger partial charge in [0.1, 0.15) is 0 Å². The topological polar surface area (TPSA) is 65.3 Å². The van der Waals surface area contributed by atoms with E-state index in [1.54, 1.807) is 13.8 Å². The number of allylic oxidation sites excluding steroid dienone is 1. The van der Waals surface area contributed by atoms with Crippen LogP contribution in [0.25, 0.3) is 0 Å². The Morgan fingerprint density at radius 1 is 1.47 bits per heavy atom. The molecule has 1 aliphatic rings. The first-order chi connectivity index (χ1) is 8.76. The maximum Gasteiger partial charge on any atom is 0.312 e. The molecule has 0 spiro atoms. The van der Waals surface area contributed by atoms with Gasteiger partial charge in [-0.3, -0.25) is 0 Å². The van der Waals surface area contributed by atoms with Gasteiger partial charge in [0.2, 0.25) is 0 Å². The third-order valence-electron chi connectivity index (χ3n) is 3.69. The van der Waals surface area contributed by atoms with Gasteiger partial charge in [0.15, 0.2) is 0 Å². The van der Waals surface area contributed by atoms with Gasteiger partial charge in [0, 0.05) is 18.0 Å². The van der Waals surface area contributed by atoms with E-state index in [-0.39, 0.29) is 0 Å². The molecule has 4 nitrogen and oxygen atoms in total. The van der Waals surface area contributed by atoms with Gasteiger partial charge >= 0.3 is 7.48 Å². The molecule has 1 saturated heterocycles. The smallest absolute Gasteiger partial charge is 0.312 e. The van der Waals surface area contributed by atoms with E-state index in [0.29, 0.717) is 13.5 Å². The summed E-state index contributed by atoms with van der Waals surface area (Å²) < 4.78 is 5.75. The maximum absolute atomic E-state index is 10.0. The van der Waals surface area contributed by atoms with Crippen LogP contribution in [0.4, 0.5) is 0 Å². The number of rotatable bonds is 7.